The molecular weight excluding hydrogens is 380 g/mol. The van der Waals surface area contributed by atoms with Gasteiger partial charge in [-0.1, -0.05) is 15.9 Å². The lowest BCUT2D eigenvalue weighted by atomic mass is 10.1. The number of nitro groups is 1. The molecule has 0 atom stereocenters. The Labute approximate surface area is 146 Å². The first-order valence-corrected chi connectivity index (χ1v) is 7.68. The summed E-state index contributed by atoms with van der Waals surface area (Å²) >= 11 is 3.36. The average Bonchev–Trinajstić information content (AvgIpc) is 2.59. The van der Waals surface area contributed by atoms with Crippen molar-refractivity contribution in [3.63, 3.8) is 0 Å². The smallest absolute Gasteiger partial charge is 0.311 e. The number of hydrogen-bond donors (Lipinski definition) is 1. The Balaban J connectivity index is 2.17. The molecule has 1 N–H and O–H groups in total. The molecule has 1 amide bonds. The largest absolute Gasteiger partial charge is 0.496 e. The zero-order valence-electron chi connectivity index (χ0n) is 13.0. The molecule has 0 bridgehead atoms. The van der Waals surface area contributed by atoms with E-state index in [1.165, 1.54) is 25.3 Å². The van der Waals surface area contributed by atoms with Gasteiger partial charge in [-0.2, -0.15) is 0 Å². The van der Waals surface area contributed by atoms with E-state index in [0.717, 1.165) is 10.0 Å². The Kier molecular flexibility index (Phi) is 5.75. The first kappa shape index (κ1) is 17.7. The fourth-order valence-corrected chi connectivity index (χ4v) is 2.55. The summed E-state index contributed by atoms with van der Waals surface area (Å²) < 4.78 is 11.0. The number of methoxy groups -OCH3 is 2. The number of benzene rings is 2. The minimum Gasteiger partial charge on any atom is -0.496 e. The lowest BCUT2D eigenvalue weighted by molar-refractivity contribution is -0.385. The molecule has 0 unspecified atom stereocenters. The van der Waals surface area contributed by atoms with Crippen LogP contribution in [0.1, 0.15) is 15.9 Å². The molecule has 24 heavy (non-hydrogen) atoms. The lowest BCUT2D eigenvalue weighted by Crippen LogP contribution is -2.23. The van der Waals surface area contributed by atoms with E-state index < -0.39 is 10.8 Å². The molecule has 0 radical (unpaired) electrons. The number of nitro benzene ring substituents is 1. The molecule has 2 aromatic carbocycles. The standard InChI is InChI=1S/C16H15BrN2O5/c1-23-14-6-4-12(17)7-11(14)9-18-16(20)10-3-5-15(24-2)13(8-10)19(21)22/h3-8H,9H2,1-2H3,(H,18,20). The summed E-state index contributed by atoms with van der Waals surface area (Å²) in [6, 6.07) is 9.49. The Morgan fingerprint density at radius 1 is 1.17 bits per heavy atom. The second-order valence-electron chi connectivity index (χ2n) is 4.78. The highest BCUT2D eigenvalue weighted by Crippen LogP contribution is 2.27. The molecule has 8 heteroatoms. The minimum atomic E-state index is -0.590. The summed E-state index contributed by atoms with van der Waals surface area (Å²) in [4.78, 5) is 22.7. The van der Waals surface area contributed by atoms with E-state index in [9.17, 15) is 14.9 Å². The summed E-state index contributed by atoms with van der Waals surface area (Å²) in [6.07, 6.45) is 0. The molecule has 0 aliphatic rings. The number of nitrogens with zero attached hydrogens (tertiary/aromatic N) is 1. The summed E-state index contributed by atoms with van der Waals surface area (Å²) in [6.45, 7) is 0.223. The van der Waals surface area contributed by atoms with Crippen LogP contribution in [0, 0.1) is 10.1 Å². The van der Waals surface area contributed by atoms with Crippen LogP contribution in [0.2, 0.25) is 0 Å². The van der Waals surface area contributed by atoms with Crippen molar-refractivity contribution in [1.82, 2.24) is 5.32 Å². The van der Waals surface area contributed by atoms with Crippen LogP contribution in [0.15, 0.2) is 40.9 Å². The summed E-state index contributed by atoms with van der Waals surface area (Å²) in [5.41, 5.74) is 0.699. The number of nitrogens with one attached hydrogen (secondary N) is 1. The Morgan fingerprint density at radius 2 is 1.83 bits per heavy atom. The third kappa shape index (κ3) is 4.02. The van der Waals surface area contributed by atoms with E-state index >= 15 is 0 Å². The molecule has 0 spiro atoms. The molecule has 0 aromatic heterocycles. The van der Waals surface area contributed by atoms with Gasteiger partial charge in [0, 0.05) is 28.2 Å². The van der Waals surface area contributed by atoms with Gasteiger partial charge in [-0.05, 0) is 30.3 Å². The van der Waals surface area contributed by atoms with Crippen molar-refractivity contribution in [3.8, 4) is 11.5 Å². The Morgan fingerprint density at radius 3 is 2.46 bits per heavy atom. The quantitative estimate of drug-likeness (QED) is 0.599. The van der Waals surface area contributed by atoms with Crippen LogP contribution >= 0.6 is 15.9 Å². The van der Waals surface area contributed by atoms with Gasteiger partial charge in [0.25, 0.3) is 5.91 Å². The fraction of sp³-hybridized carbons (Fsp3) is 0.188. The van der Waals surface area contributed by atoms with Crippen LogP contribution in [0.3, 0.4) is 0 Å². The van der Waals surface area contributed by atoms with Gasteiger partial charge in [-0.15, -0.1) is 0 Å². The van der Waals surface area contributed by atoms with Gasteiger partial charge in [-0.3, -0.25) is 14.9 Å². The van der Waals surface area contributed by atoms with Crippen molar-refractivity contribution in [1.29, 1.82) is 0 Å². The van der Waals surface area contributed by atoms with Crippen LogP contribution in [0.5, 0.6) is 11.5 Å². The number of carbonyl (C=O) groups is 1. The van der Waals surface area contributed by atoms with Crippen LogP contribution in [0.25, 0.3) is 0 Å². The second-order valence-corrected chi connectivity index (χ2v) is 5.70. The van der Waals surface area contributed by atoms with Crippen molar-refractivity contribution < 1.29 is 19.2 Å². The first-order valence-electron chi connectivity index (χ1n) is 6.89. The number of ether oxygens (including phenoxy) is 2. The van der Waals surface area contributed by atoms with E-state index in [1.54, 1.807) is 13.2 Å². The van der Waals surface area contributed by atoms with Gasteiger partial charge in [0.05, 0.1) is 19.1 Å². The molecule has 0 fully saturated rings. The monoisotopic (exact) mass is 394 g/mol. The Bertz CT molecular complexity index is 779. The maximum atomic E-state index is 12.2. The van der Waals surface area contributed by atoms with Crippen LogP contribution in [-0.4, -0.2) is 25.1 Å². The van der Waals surface area contributed by atoms with E-state index in [2.05, 4.69) is 21.2 Å². The topological polar surface area (TPSA) is 90.7 Å². The zero-order valence-corrected chi connectivity index (χ0v) is 14.6. The minimum absolute atomic E-state index is 0.102. The van der Waals surface area contributed by atoms with E-state index in [1.807, 2.05) is 12.1 Å². The number of rotatable bonds is 6. The molecule has 2 aromatic rings. The first-order chi connectivity index (χ1) is 11.5. The van der Waals surface area contributed by atoms with Crippen LogP contribution < -0.4 is 14.8 Å². The summed E-state index contributed by atoms with van der Waals surface area (Å²) in [5, 5.41) is 13.7. The molecule has 0 saturated heterocycles. The van der Waals surface area contributed by atoms with Crippen molar-refractivity contribution >= 4 is 27.5 Å². The number of carbonyl (C=O) groups excluding carboxylic acids is 1. The van der Waals surface area contributed by atoms with Gasteiger partial charge in [-0.25, -0.2) is 0 Å². The van der Waals surface area contributed by atoms with Gasteiger partial charge < -0.3 is 14.8 Å². The molecule has 126 valence electrons. The normalized spacial score (nSPS) is 10.1. The highest BCUT2D eigenvalue weighted by molar-refractivity contribution is 9.10. The third-order valence-electron chi connectivity index (χ3n) is 3.32. The van der Waals surface area contributed by atoms with Crippen molar-refractivity contribution in [3.05, 3.63) is 62.1 Å². The van der Waals surface area contributed by atoms with E-state index in [4.69, 9.17) is 9.47 Å². The molecule has 0 aliphatic heterocycles. The number of hydrogen-bond acceptors (Lipinski definition) is 5. The molecule has 7 nitrogen and oxygen atoms in total. The maximum Gasteiger partial charge on any atom is 0.311 e. The van der Waals surface area contributed by atoms with Gasteiger partial charge in [0.1, 0.15) is 5.75 Å². The molecule has 0 saturated carbocycles. The van der Waals surface area contributed by atoms with Crippen molar-refractivity contribution in [2.24, 2.45) is 0 Å². The maximum absolute atomic E-state index is 12.2. The third-order valence-corrected chi connectivity index (χ3v) is 3.81. The highest BCUT2D eigenvalue weighted by atomic mass is 79.9. The molecule has 0 aliphatic carbocycles. The van der Waals surface area contributed by atoms with E-state index in [-0.39, 0.29) is 23.5 Å². The summed E-state index contributed by atoms with van der Waals surface area (Å²) in [5.74, 6) is 0.312. The number of halogens is 1. The molecule has 2 rings (SSSR count). The summed E-state index contributed by atoms with van der Waals surface area (Å²) in [7, 11) is 2.88. The highest BCUT2D eigenvalue weighted by Gasteiger charge is 2.18. The van der Waals surface area contributed by atoms with Gasteiger partial charge in [0.2, 0.25) is 0 Å². The Hall–Kier alpha value is -2.61. The van der Waals surface area contributed by atoms with Gasteiger partial charge in [0.15, 0.2) is 5.75 Å². The van der Waals surface area contributed by atoms with Crippen LogP contribution in [0.4, 0.5) is 5.69 Å². The van der Waals surface area contributed by atoms with Crippen molar-refractivity contribution in [2.45, 2.75) is 6.54 Å². The van der Waals surface area contributed by atoms with Crippen LogP contribution in [-0.2, 0) is 6.54 Å². The lowest BCUT2D eigenvalue weighted by Gasteiger charge is -2.11. The SMILES string of the molecule is COc1ccc(Br)cc1CNC(=O)c1ccc(OC)c([N+](=O)[O-])c1. The molecule has 0 heterocycles. The predicted molar refractivity (Wildman–Crippen MR) is 91.5 cm³/mol. The molecular formula is C16H15BrN2O5. The average molecular weight is 395 g/mol. The van der Waals surface area contributed by atoms with E-state index in [0.29, 0.717) is 5.75 Å². The van der Waals surface area contributed by atoms with Gasteiger partial charge >= 0.3 is 5.69 Å². The number of amides is 1. The zero-order chi connectivity index (χ0) is 17.7. The second kappa shape index (κ2) is 7.78. The predicted octanol–water partition coefficient (Wildman–Crippen LogP) is 3.30. The fourth-order valence-electron chi connectivity index (χ4n) is 2.14. The van der Waals surface area contributed by atoms with Crippen molar-refractivity contribution in [2.75, 3.05) is 14.2 Å².